The Kier molecular flexibility index (Phi) is 9.01. The van der Waals surface area contributed by atoms with Crippen LogP contribution in [-0.4, -0.2) is 50.3 Å². The molecule has 0 aliphatic carbocycles. The first kappa shape index (κ1) is 17.9. The molecule has 6 heteroatoms. The summed E-state index contributed by atoms with van der Waals surface area (Å²) < 4.78 is 10.8. The molecule has 0 aromatic heterocycles. The van der Waals surface area contributed by atoms with Crippen LogP contribution in [0.25, 0.3) is 0 Å². The van der Waals surface area contributed by atoms with Gasteiger partial charge in [0.2, 0.25) is 11.8 Å². The van der Waals surface area contributed by atoms with Gasteiger partial charge in [0, 0.05) is 39.1 Å². The average molecular weight is 300 g/mol. The van der Waals surface area contributed by atoms with Gasteiger partial charge in [-0.1, -0.05) is 0 Å². The van der Waals surface area contributed by atoms with E-state index in [1.807, 2.05) is 13.8 Å². The van der Waals surface area contributed by atoms with Gasteiger partial charge in [-0.15, -0.1) is 0 Å². The van der Waals surface area contributed by atoms with Gasteiger partial charge < -0.3 is 20.1 Å². The zero-order chi connectivity index (χ0) is 15.5. The lowest BCUT2D eigenvalue weighted by Crippen LogP contribution is -2.33. The first-order chi connectivity index (χ1) is 10.1. The maximum absolute atomic E-state index is 11.6. The van der Waals surface area contributed by atoms with Crippen molar-refractivity contribution in [1.29, 1.82) is 0 Å². The lowest BCUT2D eigenvalue weighted by molar-refractivity contribution is -0.126. The highest BCUT2D eigenvalue weighted by Gasteiger charge is 2.16. The maximum Gasteiger partial charge on any atom is 0.220 e. The van der Waals surface area contributed by atoms with Crippen LogP contribution >= 0.6 is 0 Å². The smallest absolute Gasteiger partial charge is 0.220 e. The van der Waals surface area contributed by atoms with Crippen LogP contribution in [-0.2, 0) is 19.1 Å². The molecule has 1 saturated heterocycles. The van der Waals surface area contributed by atoms with Gasteiger partial charge in [0.25, 0.3) is 0 Å². The van der Waals surface area contributed by atoms with Gasteiger partial charge in [0.1, 0.15) is 0 Å². The molecule has 0 saturated carbocycles. The number of hydrogen-bond donors (Lipinski definition) is 2. The van der Waals surface area contributed by atoms with E-state index in [9.17, 15) is 9.59 Å². The number of hydrogen-bond acceptors (Lipinski definition) is 4. The molecule has 1 rings (SSSR count). The number of carbonyl (C=O) groups is 2. The maximum atomic E-state index is 11.6. The van der Waals surface area contributed by atoms with E-state index in [0.717, 1.165) is 25.9 Å². The second kappa shape index (κ2) is 10.6. The first-order valence-corrected chi connectivity index (χ1v) is 7.84. The van der Waals surface area contributed by atoms with E-state index in [1.54, 1.807) is 0 Å². The van der Waals surface area contributed by atoms with E-state index in [0.29, 0.717) is 19.7 Å². The molecule has 122 valence electrons. The van der Waals surface area contributed by atoms with Crippen molar-refractivity contribution < 1.29 is 19.1 Å². The third-order valence-corrected chi connectivity index (χ3v) is 3.22. The van der Waals surface area contributed by atoms with Crippen molar-refractivity contribution in [2.24, 2.45) is 0 Å². The quantitative estimate of drug-likeness (QED) is 0.590. The third-order valence-electron chi connectivity index (χ3n) is 3.22. The minimum Gasteiger partial charge on any atom is -0.379 e. The molecule has 0 aromatic rings. The van der Waals surface area contributed by atoms with Gasteiger partial charge in [-0.05, 0) is 33.1 Å². The highest BCUT2D eigenvalue weighted by atomic mass is 16.5. The Morgan fingerprint density at radius 1 is 1.24 bits per heavy atom. The van der Waals surface area contributed by atoms with E-state index in [1.165, 1.54) is 0 Å². The molecule has 0 bridgehead atoms. The van der Waals surface area contributed by atoms with Crippen LogP contribution in [0, 0.1) is 0 Å². The van der Waals surface area contributed by atoms with Crippen LogP contribution in [0.3, 0.4) is 0 Å². The highest BCUT2D eigenvalue weighted by molar-refractivity contribution is 5.83. The van der Waals surface area contributed by atoms with Gasteiger partial charge in [0.15, 0.2) is 0 Å². The van der Waals surface area contributed by atoms with Crippen LogP contribution < -0.4 is 10.6 Å². The third kappa shape index (κ3) is 9.42. The Morgan fingerprint density at radius 2 is 1.95 bits per heavy atom. The predicted molar refractivity (Wildman–Crippen MR) is 79.9 cm³/mol. The van der Waals surface area contributed by atoms with Gasteiger partial charge >= 0.3 is 0 Å². The van der Waals surface area contributed by atoms with Gasteiger partial charge in [-0.2, -0.15) is 0 Å². The van der Waals surface area contributed by atoms with Crippen molar-refractivity contribution in [3.63, 3.8) is 0 Å². The van der Waals surface area contributed by atoms with Crippen LogP contribution in [0.5, 0.6) is 0 Å². The lowest BCUT2D eigenvalue weighted by atomic mass is 10.2. The van der Waals surface area contributed by atoms with Crippen LogP contribution in [0.1, 0.15) is 46.0 Å². The van der Waals surface area contributed by atoms with Crippen molar-refractivity contribution in [2.45, 2.75) is 58.2 Å². The van der Waals surface area contributed by atoms with Crippen molar-refractivity contribution in [3.8, 4) is 0 Å². The van der Waals surface area contributed by atoms with Gasteiger partial charge in [-0.3, -0.25) is 9.59 Å². The minimum atomic E-state index is -0.0937. The molecule has 2 amide bonds. The summed E-state index contributed by atoms with van der Waals surface area (Å²) in [5.41, 5.74) is 0. The molecule has 1 atom stereocenters. The van der Waals surface area contributed by atoms with Crippen molar-refractivity contribution in [3.05, 3.63) is 0 Å². The normalized spacial score (nSPS) is 18.0. The van der Waals surface area contributed by atoms with E-state index in [2.05, 4.69) is 10.6 Å². The van der Waals surface area contributed by atoms with Gasteiger partial charge in [-0.25, -0.2) is 0 Å². The lowest BCUT2D eigenvalue weighted by Gasteiger charge is -2.11. The Bertz CT molecular complexity index is 315. The Morgan fingerprint density at radius 3 is 2.57 bits per heavy atom. The highest BCUT2D eigenvalue weighted by Crippen LogP contribution is 2.10. The molecule has 6 nitrogen and oxygen atoms in total. The fraction of sp³-hybridized carbons (Fsp3) is 0.867. The zero-order valence-electron chi connectivity index (χ0n) is 13.2. The number of rotatable bonds is 10. The Hall–Kier alpha value is -1.14. The summed E-state index contributed by atoms with van der Waals surface area (Å²) in [6.07, 6.45) is 3.65. The summed E-state index contributed by atoms with van der Waals surface area (Å²) >= 11 is 0. The van der Waals surface area contributed by atoms with E-state index in [-0.39, 0.29) is 36.9 Å². The SMILES string of the molecule is CC(C)OCCCNC(=O)CCC(=O)NC[C@H]1CCCO1. The molecule has 1 heterocycles. The summed E-state index contributed by atoms with van der Waals surface area (Å²) in [5.74, 6) is -0.185. The summed E-state index contributed by atoms with van der Waals surface area (Å²) in [7, 11) is 0. The zero-order valence-corrected chi connectivity index (χ0v) is 13.2. The van der Waals surface area contributed by atoms with Crippen molar-refractivity contribution in [2.75, 3.05) is 26.3 Å². The molecule has 0 radical (unpaired) electrons. The molecule has 0 spiro atoms. The van der Waals surface area contributed by atoms with E-state index in [4.69, 9.17) is 9.47 Å². The molecule has 0 unspecified atom stereocenters. The molecular formula is C15H28N2O4. The molecule has 2 N–H and O–H groups in total. The predicted octanol–water partition coefficient (Wildman–Crippen LogP) is 0.993. The fourth-order valence-electron chi connectivity index (χ4n) is 2.06. The fourth-order valence-corrected chi connectivity index (χ4v) is 2.06. The summed E-state index contributed by atoms with van der Waals surface area (Å²) in [5, 5.41) is 5.59. The average Bonchev–Trinajstić information content (AvgIpc) is 2.95. The standard InChI is InChI=1S/C15H28N2O4/c1-12(2)20-10-4-8-16-14(18)6-7-15(19)17-11-13-5-3-9-21-13/h12-13H,3-11H2,1-2H3,(H,16,18)(H,17,19)/t13-/m1/s1. The Balaban J connectivity index is 1.95. The number of carbonyl (C=O) groups excluding carboxylic acids is 2. The molecule has 1 aliphatic heterocycles. The summed E-state index contributed by atoms with van der Waals surface area (Å²) in [4.78, 5) is 23.1. The summed E-state index contributed by atoms with van der Waals surface area (Å²) in [6.45, 7) is 6.51. The topological polar surface area (TPSA) is 76.7 Å². The molecule has 0 aromatic carbocycles. The Labute approximate surface area is 126 Å². The van der Waals surface area contributed by atoms with Crippen molar-refractivity contribution in [1.82, 2.24) is 10.6 Å². The van der Waals surface area contributed by atoms with Crippen LogP contribution in [0.15, 0.2) is 0 Å². The summed E-state index contributed by atoms with van der Waals surface area (Å²) in [6, 6.07) is 0. The largest absolute Gasteiger partial charge is 0.379 e. The second-order valence-electron chi connectivity index (χ2n) is 5.56. The molecule has 1 aliphatic rings. The molecule has 21 heavy (non-hydrogen) atoms. The number of nitrogens with one attached hydrogen (secondary N) is 2. The van der Waals surface area contributed by atoms with E-state index < -0.39 is 0 Å². The van der Waals surface area contributed by atoms with Crippen LogP contribution in [0.2, 0.25) is 0 Å². The molecular weight excluding hydrogens is 272 g/mol. The van der Waals surface area contributed by atoms with Crippen LogP contribution in [0.4, 0.5) is 0 Å². The molecule has 1 fully saturated rings. The monoisotopic (exact) mass is 300 g/mol. The number of ether oxygens (including phenoxy) is 2. The van der Waals surface area contributed by atoms with Crippen molar-refractivity contribution >= 4 is 11.8 Å². The number of amides is 2. The first-order valence-electron chi connectivity index (χ1n) is 7.84. The minimum absolute atomic E-state index is 0.0909. The van der Waals surface area contributed by atoms with Gasteiger partial charge in [0.05, 0.1) is 12.2 Å². The van der Waals surface area contributed by atoms with E-state index >= 15 is 0 Å². The second-order valence-corrected chi connectivity index (χ2v) is 5.56.